The van der Waals surface area contributed by atoms with Gasteiger partial charge in [0.2, 0.25) is 0 Å². The van der Waals surface area contributed by atoms with Crippen LogP contribution in [0.1, 0.15) is 5.69 Å². The average molecular weight is 236 g/mol. The fourth-order valence-electron chi connectivity index (χ4n) is 0.675. The first kappa shape index (κ1) is 11.1. The zero-order chi connectivity index (χ0) is 11.1. The Kier molecular flexibility index (Phi) is 2.62. The van der Waals surface area contributed by atoms with Gasteiger partial charge in [0.15, 0.2) is 28.3 Å². The molecule has 0 saturated carbocycles. The summed E-state index contributed by atoms with van der Waals surface area (Å²) in [4.78, 5) is 2.35. The number of hydrogen-bond acceptors (Lipinski definition) is 1. The minimum absolute atomic E-state index is 1.36. The van der Waals surface area contributed by atoms with Gasteiger partial charge in [0.05, 0.1) is 0 Å². The van der Waals surface area contributed by atoms with Gasteiger partial charge in [0, 0.05) is 0 Å². The molecule has 14 heavy (non-hydrogen) atoms. The maximum Gasteiger partial charge on any atom is 0.436 e. The number of rotatable bonds is 0. The molecule has 1 aromatic heterocycles. The topological polar surface area (TPSA) is 12.9 Å². The molecule has 0 aliphatic rings. The molecule has 78 valence electrons. The van der Waals surface area contributed by atoms with Crippen LogP contribution < -0.4 is 0 Å². The molecule has 0 unspecified atom stereocenters. The normalized spacial score (nSPS) is 11.9. The smallest absolute Gasteiger partial charge is 0.225 e. The van der Waals surface area contributed by atoms with Gasteiger partial charge >= 0.3 is 6.18 Å². The first-order valence-electron chi connectivity index (χ1n) is 3.02. The molecule has 0 N–H and O–H groups in total. The number of halogens is 7. The Morgan fingerprint density at radius 1 is 0.929 bits per heavy atom. The van der Waals surface area contributed by atoms with Crippen molar-refractivity contribution >= 4 is 11.6 Å². The van der Waals surface area contributed by atoms with Crippen LogP contribution >= 0.6 is 11.6 Å². The summed E-state index contributed by atoms with van der Waals surface area (Å²) in [6, 6.07) is 0. The second-order valence-corrected chi connectivity index (χ2v) is 2.55. The van der Waals surface area contributed by atoms with Crippen LogP contribution in [0.5, 0.6) is 0 Å². The van der Waals surface area contributed by atoms with Crippen molar-refractivity contribution in [1.29, 1.82) is 0 Å². The third-order valence-corrected chi connectivity index (χ3v) is 1.50. The standard InChI is InChI=1S/C6ClF6N/c7-5-3(10)1(8)2(9)4(14-5)6(11,12)13. The number of aromatic nitrogens is 1. The Bertz CT molecular complexity index is 374. The summed E-state index contributed by atoms with van der Waals surface area (Å²) in [5.41, 5.74) is -2.18. The van der Waals surface area contributed by atoms with E-state index in [1.165, 1.54) is 0 Å². The molecule has 0 saturated heterocycles. The van der Waals surface area contributed by atoms with E-state index in [4.69, 9.17) is 11.6 Å². The van der Waals surface area contributed by atoms with Crippen molar-refractivity contribution < 1.29 is 26.3 Å². The minimum atomic E-state index is -5.22. The Hall–Kier alpha value is -0.980. The quantitative estimate of drug-likeness (QED) is 0.497. The van der Waals surface area contributed by atoms with Gasteiger partial charge in [-0.25, -0.2) is 18.2 Å². The lowest BCUT2D eigenvalue weighted by Crippen LogP contribution is -2.14. The molecule has 0 atom stereocenters. The molecule has 0 radical (unpaired) electrons. The van der Waals surface area contributed by atoms with Crippen LogP contribution in [0.25, 0.3) is 0 Å². The predicted molar refractivity (Wildman–Crippen MR) is 34.1 cm³/mol. The van der Waals surface area contributed by atoms with Crippen LogP contribution in [0, 0.1) is 17.5 Å². The highest BCUT2D eigenvalue weighted by Gasteiger charge is 2.39. The first-order chi connectivity index (χ1) is 6.25. The molecule has 1 heterocycles. The van der Waals surface area contributed by atoms with E-state index < -0.39 is 34.5 Å². The molecule has 1 rings (SSSR count). The van der Waals surface area contributed by atoms with E-state index in [1.54, 1.807) is 0 Å². The zero-order valence-corrected chi connectivity index (χ0v) is 6.85. The van der Waals surface area contributed by atoms with Gasteiger partial charge in [0.1, 0.15) is 0 Å². The number of alkyl halides is 3. The number of hydrogen-bond donors (Lipinski definition) is 0. The van der Waals surface area contributed by atoms with Crippen LogP contribution in [0.2, 0.25) is 5.15 Å². The maximum absolute atomic E-state index is 12.5. The van der Waals surface area contributed by atoms with Crippen molar-refractivity contribution in [2.45, 2.75) is 6.18 Å². The SMILES string of the molecule is Fc1c(Cl)nc(C(F)(F)F)c(F)c1F. The van der Waals surface area contributed by atoms with Gasteiger partial charge in [-0.2, -0.15) is 13.2 Å². The molecule has 1 aromatic rings. The highest BCUT2D eigenvalue weighted by Crippen LogP contribution is 2.32. The summed E-state index contributed by atoms with van der Waals surface area (Å²) in [5.74, 6) is -6.64. The largest absolute Gasteiger partial charge is 0.436 e. The highest BCUT2D eigenvalue weighted by atomic mass is 35.5. The van der Waals surface area contributed by atoms with Crippen molar-refractivity contribution in [3.8, 4) is 0 Å². The predicted octanol–water partition coefficient (Wildman–Crippen LogP) is 3.17. The summed E-state index contributed by atoms with van der Waals surface area (Å²) in [6.45, 7) is 0. The molecule has 0 bridgehead atoms. The van der Waals surface area contributed by atoms with Crippen LogP contribution in [0.15, 0.2) is 0 Å². The molecule has 0 aliphatic heterocycles. The molecule has 0 aliphatic carbocycles. The highest BCUT2D eigenvalue weighted by molar-refractivity contribution is 6.29. The third-order valence-electron chi connectivity index (χ3n) is 1.25. The average Bonchev–Trinajstić information content (AvgIpc) is 2.06. The first-order valence-corrected chi connectivity index (χ1v) is 3.40. The van der Waals surface area contributed by atoms with Gasteiger partial charge in [-0.15, -0.1) is 0 Å². The molecule has 0 aromatic carbocycles. The Balaban J connectivity index is 3.49. The molecule has 1 nitrogen and oxygen atoms in total. The number of pyridine rings is 1. The van der Waals surface area contributed by atoms with E-state index in [-0.39, 0.29) is 0 Å². The lowest BCUT2D eigenvalue weighted by Gasteiger charge is -2.07. The minimum Gasteiger partial charge on any atom is -0.225 e. The molecule has 0 fully saturated rings. The summed E-state index contributed by atoms with van der Waals surface area (Å²) >= 11 is 4.80. The lowest BCUT2D eigenvalue weighted by atomic mass is 10.3. The second-order valence-electron chi connectivity index (χ2n) is 2.19. The number of nitrogens with zero attached hydrogens (tertiary/aromatic N) is 1. The van der Waals surface area contributed by atoms with Crippen molar-refractivity contribution in [2.75, 3.05) is 0 Å². The van der Waals surface area contributed by atoms with Crippen LogP contribution in [0.4, 0.5) is 26.3 Å². The summed E-state index contributed by atoms with van der Waals surface area (Å²) in [6.07, 6.45) is -5.22. The van der Waals surface area contributed by atoms with E-state index in [0.29, 0.717) is 0 Å². The van der Waals surface area contributed by atoms with E-state index in [0.717, 1.165) is 0 Å². The van der Waals surface area contributed by atoms with Gasteiger partial charge in [0.25, 0.3) is 0 Å². The second kappa shape index (κ2) is 3.30. The van der Waals surface area contributed by atoms with Crippen LogP contribution in [0.3, 0.4) is 0 Å². The zero-order valence-electron chi connectivity index (χ0n) is 6.09. The summed E-state index contributed by atoms with van der Waals surface area (Å²) in [5, 5.41) is -1.36. The fourth-order valence-corrected chi connectivity index (χ4v) is 0.842. The molecule has 0 spiro atoms. The Labute approximate surface area is 78.3 Å². The van der Waals surface area contributed by atoms with Crippen molar-refractivity contribution in [3.05, 3.63) is 28.3 Å². The van der Waals surface area contributed by atoms with Crippen molar-refractivity contribution in [3.63, 3.8) is 0 Å². The maximum atomic E-state index is 12.5. The van der Waals surface area contributed by atoms with E-state index in [9.17, 15) is 26.3 Å². The van der Waals surface area contributed by atoms with Crippen molar-refractivity contribution in [2.24, 2.45) is 0 Å². The van der Waals surface area contributed by atoms with E-state index in [1.807, 2.05) is 0 Å². The van der Waals surface area contributed by atoms with E-state index >= 15 is 0 Å². The summed E-state index contributed by atoms with van der Waals surface area (Å²) in [7, 11) is 0. The Morgan fingerprint density at radius 2 is 1.43 bits per heavy atom. The monoisotopic (exact) mass is 235 g/mol. The Morgan fingerprint density at radius 3 is 1.86 bits per heavy atom. The molecule has 8 heteroatoms. The van der Waals surface area contributed by atoms with Gasteiger partial charge in [-0.05, 0) is 0 Å². The van der Waals surface area contributed by atoms with Gasteiger partial charge < -0.3 is 0 Å². The molecular formula is C6ClF6N. The van der Waals surface area contributed by atoms with Crippen molar-refractivity contribution in [1.82, 2.24) is 4.98 Å². The summed E-state index contributed by atoms with van der Waals surface area (Å²) < 4.78 is 72.9. The lowest BCUT2D eigenvalue weighted by molar-refractivity contribution is -0.144. The van der Waals surface area contributed by atoms with Gasteiger partial charge in [-0.3, -0.25) is 0 Å². The van der Waals surface area contributed by atoms with E-state index in [2.05, 4.69) is 4.98 Å². The molecule has 0 amide bonds. The van der Waals surface area contributed by atoms with Crippen LogP contribution in [-0.2, 0) is 6.18 Å². The van der Waals surface area contributed by atoms with Crippen LogP contribution in [-0.4, -0.2) is 4.98 Å². The molecular weight excluding hydrogens is 236 g/mol. The third kappa shape index (κ3) is 1.77. The fraction of sp³-hybridized carbons (Fsp3) is 0.167. The van der Waals surface area contributed by atoms with Gasteiger partial charge in [-0.1, -0.05) is 11.6 Å².